The first-order valence-corrected chi connectivity index (χ1v) is 11.1. The van der Waals surface area contributed by atoms with Crippen molar-refractivity contribution in [2.75, 3.05) is 54.8 Å². The molecule has 2 unspecified atom stereocenters. The Labute approximate surface area is 178 Å². The SMILES string of the molecule is CC(=O)[NH+]([O-])CC1CN(c2ccc(N3CCN(S(=O)(=O)CC#N)CC3)c(F)c2)C(=O)O1. The molecule has 0 spiro atoms. The number of piperazine rings is 1. The topological polar surface area (TPSA) is 139 Å². The molecule has 1 N–H and O–H groups in total. The van der Waals surface area contributed by atoms with Crippen LogP contribution in [0.1, 0.15) is 6.92 Å². The lowest BCUT2D eigenvalue weighted by molar-refractivity contribution is -0.768. The third-order valence-corrected chi connectivity index (χ3v) is 6.79. The van der Waals surface area contributed by atoms with E-state index in [0.29, 0.717) is 0 Å². The molecule has 3 rings (SSSR count). The van der Waals surface area contributed by atoms with E-state index in [-0.39, 0.29) is 50.6 Å². The summed E-state index contributed by atoms with van der Waals surface area (Å²) in [4.78, 5) is 26.1. The number of nitrogens with one attached hydrogen (secondary N) is 1. The first-order chi connectivity index (χ1) is 14.6. The van der Waals surface area contributed by atoms with Crippen LogP contribution in [0.2, 0.25) is 0 Å². The predicted octanol–water partition coefficient (Wildman–Crippen LogP) is -0.945. The van der Waals surface area contributed by atoms with E-state index in [1.165, 1.54) is 27.4 Å². The average Bonchev–Trinajstić information content (AvgIpc) is 3.08. The summed E-state index contributed by atoms with van der Waals surface area (Å²) in [5, 5.41) is 19.6. The van der Waals surface area contributed by atoms with E-state index in [4.69, 9.17) is 10.00 Å². The van der Waals surface area contributed by atoms with Crippen LogP contribution in [0, 0.1) is 22.4 Å². The van der Waals surface area contributed by atoms with Crippen molar-refractivity contribution in [1.82, 2.24) is 4.31 Å². The minimum absolute atomic E-state index is 0.0199. The van der Waals surface area contributed by atoms with Crippen molar-refractivity contribution in [2.24, 2.45) is 0 Å². The van der Waals surface area contributed by atoms with Crippen molar-refractivity contribution in [1.29, 1.82) is 5.26 Å². The van der Waals surface area contributed by atoms with Gasteiger partial charge in [-0.05, 0) is 18.2 Å². The van der Waals surface area contributed by atoms with Crippen LogP contribution in [-0.4, -0.2) is 75.8 Å². The van der Waals surface area contributed by atoms with Crippen molar-refractivity contribution < 1.29 is 32.2 Å². The lowest BCUT2D eigenvalue weighted by atomic mass is 10.2. The summed E-state index contributed by atoms with van der Waals surface area (Å²) >= 11 is 0. The fourth-order valence-corrected chi connectivity index (χ4v) is 4.55. The second kappa shape index (κ2) is 9.15. The highest BCUT2D eigenvalue weighted by Crippen LogP contribution is 2.28. The Morgan fingerprint density at radius 2 is 2.03 bits per heavy atom. The molecule has 0 saturated carbocycles. The molecular weight excluding hydrogens is 433 g/mol. The summed E-state index contributed by atoms with van der Waals surface area (Å²) in [6, 6.07) is 5.83. The van der Waals surface area contributed by atoms with Gasteiger partial charge in [-0.3, -0.25) is 4.90 Å². The summed E-state index contributed by atoms with van der Waals surface area (Å²) in [5.41, 5.74) is 0.510. The number of carbonyl (C=O) groups excluding carboxylic acids is 2. The number of benzene rings is 1. The molecule has 0 aromatic heterocycles. The molecule has 0 bridgehead atoms. The molecule has 2 amide bonds. The number of ether oxygens (including phenoxy) is 1. The molecule has 1 aromatic rings. The predicted molar refractivity (Wildman–Crippen MR) is 107 cm³/mol. The summed E-state index contributed by atoms with van der Waals surface area (Å²) in [6.07, 6.45) is -1.51. The van der Waals surface area contributed by atoms with Gasteiger partial charge < -0.3 is 19.9 Å². The molecule has 13 heteroatoms. The number of cyclic esters (lactones) is 1. The van der Waals surface area contributed by atoms with Crippen molar-refractivity contribution >= 4 is 33.4 Å². The number of amides is 2. The minimum Gasteiger partial charge on any atom is -0.627 e. The van der Waals surface area contributed by atoms with Gasteiger partial charge in [-0.25, -0.2) is 22.4 Å². The van der Waals surface area contributed by atoms with Crippen LogP contribution < -0.4 is 14.9 Å². The quantitative estimate of drug-likeness (QED) is 0.542. The number of rotatable bonds is 6. The first-order valence-electron chi connectivity index (χ1n) is 9.53. The molecule has 2 fully saturated rings. The molecule has 1 aromatic carbocycles. The molecule has 2 heterocycles. The Balaban J connectivity index is 1.65. The van der Waals surface area contributed by atoms with E-state index in [0.717, 1.165) is 6.92 Å². The number of hydrogen-bond acceptors (Lipinski definition) is 8. The zero-order valence-corrected chi connectivity index (χ0v) is 17.6. The number of hydrogen-bond donors (Lipinski definition) is 1. The van der Waals surface area contributed by atoms with Crippen molar-refractivity contribution in [2.45, 2.75) is 13.0 Å². The van der Waals surface area contributed by atoms with Gasteiger partial charge in [-0.2, -0.15) is 9.57 Å². The molecular formula is C18H22FN5O6S. The number of halogens is 1. The lowest BCUT2D eigenvalue weighted by Crippen LogP contribution is -3.10. The second-order valence-electron chi connectivity index (χ2n) is 7.24. The molecule has 2 aliphatic heterocycles. The maximum absolute atomic E-state index is 14.8. The van der Waals surface area contributed by atoms with Gasteiger partial charge in [0.05, 0.1) is 30.9 Å². The van der Waals surface area contributed by atoms with Crippen molar-refractivity contribution in [3.05, 3.63) is 29.2 Å². The smallest absolute Gasteiger partial charge is 0.414 e. The molecule has 2 aliphatic rings. The normalized spacial score (nSPS) is 21.0. The Morgan fingerprint density at radius 3 is 2.61 bits per heavy atom. The highest BCUT2D eigenvalue weighted by molar-refractivity contribution is 7.89. The second-order valence-corrected chi connectivity index (χ2v) is 9.20. The number of quaternary nitrogens is 1. The van der Waals surface area contributed by atoms with Crippen LogP contribution in [0.3, 0.4) is 0 Å². The number of sulfonamides is 1. The van der Waals surface area contributed by atoms with Gasteiger partial charge in [0, 0.05) is 26.2 Å². The zero-order chi connectivity index (χ0) is 22.8. The van der Waals surface area contributed by atoms with Gasteiger partial charge in [0.25, 0.3) is 0 Å². The fraction of sp³-hybridized carbons (Fsp3) is 0.500. The number of carbonyl (C=O) groups is 2. The van der Waals surface area contributed by atoms with Crippen LogP contribution in [0.25, 0.3) is 0 Å². The standard InChI is InChI=1S/C18H22FN5O6S/c1-13(25)24(27)12-15-11-23(18(26)30-15)14-2-3-17(16(19)10-14)21-5-7-22(8-6-21)31(28,29)9-4-20/h2-3,10,15,24H,5-9,11-12H2,1H3. The summed E-state index contributed by atoms with van der Waals surface area (Å²) in [7, 11) is -3.64. The summed E-state index contributed by atoms with van der Waals surface area (Å²) in [6.45, 7) is 1.71. The molecule has 2 saturated heterocycles. The third-order valence-electron chi connectivity index (χ3n) is 5.14. The van der Waals surface area contributed by atoms with Crippen LogP contribution in [0.4, 0.5) is 20.6 Å². The van der Waals surface area contributed by atoms with E-state index in [9.17, 15) is 27.6 Å². The van der Waals surface area contributed by atoms with Gasteiger partial charge >= 0.3 is 12.0 Å². The van der Waals surface area contributed by atoms with E-state index < -0.39 is 44.8 Å². The Hall–Kier alpha value is -2.79. The highest BCUT2D eigenvalue weighted by atomic mass is 32.2. The van der Waals surface area contributed by atoms with Gasteiger partial charge in [0.2, 0.25) is 10.0 Å². The van der Waals surface area contributed by atoms with Crippen LogP contribution >= 0.6 is 0 Å². The molecule has 168 valence electrons. The van der Waals surface area contributed by atoms with Crippen molar-refractivity contribution in [3.63, 3.8) is 0 Å². The molecule has 2 atom stereocenters. The van der Waals surface area contributed by atoms with Gasteiger partial charge in [0.1, 0.15) is 12.4 Å². The monoisotopic (exact) mass is 455 g/mol. The maximum atomic E-state index is 14.8. The van der Waals surface area contributed by atoms with Crippen LogP contribution in [-0.2, 0) is 19.6 Å². The number of nitriles is 1. The van der Waals surface area contributed by atoms with E-state index >= 15 is 0 Å². The van der Waals surface area contributed by atoms with Gasteiger partial charge in [-0.15, -0.1) is 0 Å². The minimum atomic E-state index is -3.64. The van der Waals surface area contributed by atoms with Crippen molar-refractivity contribution in [3.8, 4) is 6.07 Å². The fourth-order valence-electron chi connectivity index (χ4n) is 3.49. The van der Waals surface area contributed by atoms with Crippen LogP contribution in [0.5, 0.6) is 0 Å². The Morgan fingerprint density at radius 1 is 1.35 bits per heavy atom. The Kier molecular flexibility index (Phi) is 6.75. The van der Waals surface area contributed by atoms with Gasteiger partial charge in [-0.1, -0.05) is 0 Å². The summed E-state index contributed by atoms with van der Waals surface area (Å²) in [5.74, 6) is -1.81. The largest absolute Gasteiger partial charge is 0.627 e. The Bertz CT molecular complexity index is 1010. The number of anilines is 2. The molecule has 31 heavy (non-hydrogen) atoms. The first kappa shape index (κ1) is 22.9. The maximum Gasteiger partial charge on any atom is 0.414 e. The molecule has 0 aliphatic carbocycles. The average molecular weight is 455 g/mol. The van der Waals surface area contributed by atoms with E-state index in [2.05, 4.69) is 0 Å². The van der Waals surface area contributed by atoms with Gasteiger partial charge in [0.15, 0.2) is 11.9 Å². The summed E-state index contributed by atoms with van der Waals surface area (Å²) < 4.78 is 45.0. The highest BCUT2D eigenvalue weighted by Gasteiger charge is 2.35. The van der Waals surface area contributed by atoms with Crippen LogP contribution in [0.15, 0.2) is 18.2 Å². The molecule has 0 radical (unpaired) electrons. The number of nitrogens with zero attached hydrogens (tertiary/aromatic N) is 4. The van der Waals surface area contributed by atoms with E-state index in [1.807, 2.05) is 0 Å². The lowest BCUT2D eigenvalue weighted by Gasteiger charge is -2.35. The number of hydroxylamine groups is 2. The third kappa shape index (κ3) is 5.10. The molecule has 11 nitrogen and oxygen atoms in total. The zero-order valence-electron chi connectivity index (χ0n) is 16.8. The van der Waals surface area contributed by atoms with E-state index in [1.54, 1.807) is 11.0 Å².